The Labute approximate surface area is 148 Å². The van der Waals surface area contributed by atoms with E-state index in [4.69, 9.17) is 14.0 Å². The van der Waals surface area contributed by atoms with Crippen LogP contribution in [-0.4, -0.2) is 19.4 Å². The van der Waals surface area contributed by atoms with Gasteiger partial charge in [-0.2, -0.15) is 0 Å². The maximum atomic E-state index is 5.46. The zero-order valence-electron chi connectivity index (χ0n) is 15.3. The molecule has 0 amide bonds. The lowest BCUT2D eigenvalue weighted by molar-refractivity contribution is 0.353. The third kappa shape index (κ3) is 3.25. The maximum Gasteiger partial charge on any atom is 0.163 e. The van der Waals surface area contributed by atoms with Gasteiger partial charge in [0.15, 0.2) is 11.5 Å². The summed E-state index contributed by atoms with van der Waals surface area (Å²) < 4.78 is 16.2. The average Bonchev–Trinajstić information content (AvgIpc) is 3.10. The largest absolute Gasteiger partial charge is 0.493 e. The van der Waals surface area contributed by atoms with E-state index in [1.807, 2.05) is 19.1 Å². The van der Waals surface area contributed by atoms with E-state index in [0.717, 1.165) is 33.7 Å². The van der Waals surface area contributed by atoms with E-state index in [-0.39, 0.29) is 0 Å². The van der Waals surface area contributed by atoms with Crippen LogP contribution in [0, 0.1) is 6.92 Å². The summed E-state index contributed by atoms with van der Waals surface area (Å²) in [5.41, 5.74) is 6.06. The van der Waals surface area contributed by atoms with Gasteiger partial charge in [0.05, 0.1) is 14.2 Å². The van der Waals surface area contributed by atoms with Crippen LogP contribution in [-0.2, 0) is 0 Å². The first-order chi connectivity index (χ1) is 12.0. The van der Waals surface area contributed by atoms with Crippen LogP contribution < -0.4 is 9.47 Å². The highest BCUT2D eigenvalue weighted by Crippen LogP contribution is 2.38. The predicted molar refractivity (Wildman–Crippen MR) is 99.3 cm³/mol. The zero-order valence-corrected chi connectivity index (χ0v) is 15.3. The number of aryl methyl sites for hydroxylation is 1. The molecule has 0 spiro atoms. The lowest BCUT2D eigenvalue weighted by atomic mass is 9.97. The summed E-state index contributed by atoms with van der Waals surface area (Å²) in [6, 6.07) is 12.5. The number of rotatable bonds is 5. The molecule has 2 aromatic carbocycles. The molecule has 0 fully saturated rings. The van der Waals surface area contributed by atoms with E-state index < -0.39 is 0 Å². The van der Waals surface area contributed by atoms with Gasteiger partial charge in [0, 0.05) is 11.1 Å². The average molecular weight is 337 g/mol. The summed E-state index contributed by atoms with van der Waals surface area (Å²) in [4.78, 5) is 0. The molecular formula is C21H23NO3. The summed E-state index contributed by atoms with van der Waals surface area (Å²) in [5.74, 6) is 1.92. The summed E-state index contributed by atoms with van der Waals surface area (Å²) >= 11 is 0. The number of nitrogens with zero attached hydrogens (tertiary/aromatic N) is 1. The van der Waals surface area contributed by atoms with Crippen LogP contribution in [0.4, 0.5) is 0 Å². The normalized spacial score (nSPS) is 11.0. The summed E-state index contributed by atoms with van der Waals surface area (Å²) in [6.07, 6.45) is 1.69. The zero-order chi connectivity index (χ0) is 18.0. The number of hydrogen-bond acceptors (Lipinski definition) is 4. The van der Waals surface area contributed by atoms with E-state index in [0.29, 0.717) is 11.7 Å². The SMILES string of the molecule is COc1cc(-c2nocc2-c2ccc(C(C)C)cc2)cc(C)c1OC. The van der Waals surface area contributed by atoms with Crippen molar-refractivity contribution in [3.8, 4) is 33.9 Å². The van der Waals surface area contributed by atoms with E-state index in [2.05, 4.69) is 43.3 Å². The molecular weight excluding hydrogens is 314 g/mol. The second kappa shape index (κ2) is 7.01. The van der Waals surface area contributed by atoms with Crippen molar-refractivity contribution in [2.24, 2.45) is 0 Å². The minimum Gasteiger partial charge on any atom is -0.493 e. The Kier molecular flexibility index (Phi) is 4.79. The van der Waals surface area contributed by atoms with Crippen LogP contribution in [0.15, 0.2) is 47.2 Å². The van der Waals surface area contributed by atoms with Crippen LogP contribution in [0.2, 0.25) is 0 Å². The van der Waals surface area contributed by atoms with E-state index in [1.165, 1.54) is 5.56 Å². The lowest BCUT2D eigenvalue weighted by Crippen LogP contribution is -1.95. The Bertz CT molecular complexity index is 863. The van der Waals surface area contributed by atoms with Crippen molar-refractivity contribution in [1.82, 2.24) is 5.16 Å². The third-order valence-corrected chi connectivity index (χ3v) is 4.40. The Balaban J connectivity index is 2.06. The molecule has 0 unspecified atom stereocenters. The van der Waals surface area contributed by atoms with Gasteiger partial charge >= 0.3 is 0 Å². The predicted octanol–water partition coefficient (Wildman–Crippen LogP) is 5.46. The van der Waals surface area contributed by atoms with Crippen molar-refractivity contribution in [1.29, 1.82) is 0 Å². The van der Waals surface area contributed by atoms with E-state index in [9.17, 15) is 0 Å². The number of aromatic nitrogens is 1. The molecule has 0 aliphatic carbocycles. The van der Waals surface area contributed by atoms with Crippen LogP contribution in [0.1, 0.15) is 30.9 Å². The molecule has 0 saturated heterocycles. The van der Waals surface area contributed by atoms with Gasteiger partial charge in [-0.05, 0) is 41.7 Å². The van der Waals surface area contributed by atoms with Crippen LogP contribution >= 0.6 is 0 Å². The van der Waals surface area contributed by atoms with Gasteiger partial charge in [0.25, 0.3) is 0 Å². The quantitative estimate of drug-likeness (QED) is 0.620. The summed E-state index contributed by atoms with van der Waals surface area (Å²) in [7, 11) is 3.28. The molecule has 1 heterocycles. The Morgan fingerprint density at radius 2 is 1.68 bits per heavy atom. The molecule has 1 aromatic heterocycles. The van der Waals surface area contributed by atoms with Crippen molar-refractivity contribution in [2.45, 2.75) is 26.7 Å². The minimum atomic E-state index is 0.504. The number of benzene rings is 2. The fourth-order valence-electron chi connectivity index (χ4n) is 2.99. The van der Waals surface area contributed by atoms with Crippen molar-refractivity contribution in [3.63, 3.8) is 0 Å². The molecule has 4 nitrogen and oxygen atoms in total. The lowest BCUT2D eigenvalue weighted by Gasteiger charge is -2.12. The minimum absolute atomic E-state index is 0.504. The van der Waals surface area contributed by atoms with Crippen molar-refractivity contribution in [2.75, 3.05) is 14.2 Å². The van der Waals surface area contributed by atoms with Crippen LogP contribution in [0.5, 0.6) is 11.5 Å². The molecule has 0 aliphatic rings. The van der Waals surface area contributed by atoms with E-state index >= 15 is 0 Å². The Hall–Kier alpha value is -2.75. The second-order valence-electron chi connectivity index (χ2n) is 6.38. The molecule has 0 aliphatic heterocycles. The van der Waals surface area contributed by atoms with Gasteiger partial charge in [0.1, 0.15) is 12.0 Å². The summed E-state index contributed by atoms with van der Waals surface area (Å²) in [6.45, 7) is 6.36. The molecule has 130 valence electrons. The van der Waals surface area contributed by atoms with Gasteiger partial charge in [-0.15, -0.1) is 0 Å². The molecule has 25 heavy (non-hydrogen) atoms. The topological polar surface area (TPSA) is 44.5 Å². The molecule has 0 N–H and O–H groups in total. The first-order valence-electron chi connectivity index (χ1n) is 8.32. The first-order valence-corrected chi connectivity index (χ1v) is 8.32. The van der Waals surface area contributed by atoms with Gasteiger partial charge in [-0.25, -0.2) is 0 Å². The Morgan fingerprint density at radius 1 is 0.960 bits per heavy atom. The maximum absolute atomic E-state index is 5.46. The van der Waals surface area contributed by atoms with Crippen molar-refractivity contribution in [3.05, 3.63) is 53.8 Å². The highest BCUT2D eigenvalue weighted by molar-refractivity contribution is 5.81. The fourth-order valence-corrected chi connectivity index (χ4v) is 2.99. The monoisotopic (exact) mass is 337 g/mol. The van der Waals surface area contributed by atoms with Gasteiger partial charge < -0.3 is 14.0 Å². The highest BCUT2D eigenvalue weighted by atomic mass is 16.5. The second-order valence-corrected chi connectivity index (χ2v) is 6.38. The fraction of sp³-hybridized carbons (Fsp3) is 0.286. The molecule has 3 rings (SSSR count). The number of hydrogen-bond donors (Lipinski definition) is 0. The first kappa shape index (κ1) is 17.1. The molecule has 0 saturated carbocycles. The van der Waals surface area contributed by atoms with Gasteiger partial charge in [-0.3, -0.25) is 0 Å². The molecule has 3 aromatic rings. The highest BCUT2D eigenvalue weighted by Gasteiger charge is 2.17. The van der Waals surface area contributed by atoms with Crippen molar-refractivity contribution >= 4 is 0 Å². The van der Waals surface area contributed by atoms with Gasteiger partial charge in [-0.1, -0.05) is 43.3 Å². The molecule has 0 bridgehead atoms. The Morgan fingerprint density at radius 3 is 2.28 bits per heavy atom. The number of ether oxygens (including phenoxy) is 2. The van der Waals surface area contributed by atoms with E-state index in [1.54, 1.807) is 20.5 Å². The smallest absolute Gasteiger partial charge is 0.163 e. The van der Waals surface area contributed by atoms with Crippen LogP contribution in [0.3, 0.4) is 0 Å². The standard InChI is InChI=1S/C21H23NO3/c1-13(2)15-6-8-16(9-7-15)18-12-25-22-20(18)17-10-14(3)21(24-5)19(11-17)23-4/h6-13H,1-5H3. The molecule has 4 heteroatoms. The van der Waals surface area contributed by atoms with Gasteiger partial charge in [0.2, 0.25) is 0 Å². The van der Waals surface area contributed by atoms with Crippen molar-refractivity contribution < 1.29 is 14.0 Å². The molecule has 0 atom stereocenters. The number of methoxy groups -OCH3 is 2. The molecule has 0 radical (unpaired) electrons. The van der Waals surface area contributed by atoms with Crippen LogP contribution in [0.25, 0.3) is 22.4 Å². The third-order valence-electron chi connectivity index (χ3n) is 4.40. The summed E-state index contributed by atoms with van der Waals surface area (Å²) in [5, 5.41) is 4.22.